The van der Waals surface area contributed by atoms with Gasteiger partial charge in [0.05, 0.1) is 0 Å². The summed E-state index contributed by atoms with van der Waals surface area (Å²) < 4.78 is 31.7. The summed E-state index contributed by atoms with van der Waals surface area (Å²) in [6.07, 6.45) is 0.0479. The number of carboxylic acid groups (broad SMARTS) is 1. The predicted molar refractivity (Wildman–Crippen MR) is 99.3 cm³/mol. The van der Waals surface area contributed by atoms with Crippen LogP contribution in [0.15, 0.2) is 30.3 Å². The molecule has 3 atom stereocenters. The largest absolute Gasteiger partial charge is 0.490 e. The Morgan fingerprint density at radius 1 is 1.10 bits per heavy atom. The molecule has 162 valence electrons. The molecule has 0 spiro atoms. The van der Waals surface area contributed by atoms with Crippen LogP contribution >= 0.6 is 0 Å². The summed E-state index contributed by atoms with van der Waals surface area (Å²) in [7, 11) is 0. The second-order valence-electron chi connectivity index (χ2n) is 7.71. The fourth-order valence-corrected chi connectivity index (χ4v) is 3.89. The van der Waals surface area contributed by atoms with Crippen molar-refractivity contribution in [1.82, 2.24) is 10.8 Å². The number of hydroxylamine groups is 1. The van der Waals surface area contributed by atoms with E-state index in [9.17, 15) is 18.0 Å². The second kappa shape index (κ2) is 10.1. The fourth-order valence-electron chi connectivity index (χ4n) is 3.89. The highest BCUT2D eigenvalue weighted by atomic mass is 19.4. The SMILES string of the molecule is C[C@H](N[C@H]1CC1c1ccccc1)C1CCC(C(=O)NO)CC1.O=C(O)C(F)(F)F. The minimum atomic E-state index is -5.08. The molecule has 0 bridgehead atoms. The Hall–Kier alpha value is -2.13. The van der Waals surface area contributed by atoms with Gasteiger partial charge < -0.3 is 10.4 Å². The summed E-state index contributed by atoms with van der Waals surface area (Å²) in [6, 6.07) is 11.8. The molecule has 0 heterocycles. The van der Waals surface area contributed by atoms with E-state index in [1.54, 1.807) is 5.48 Å². The van der Waals surface area contributed by atoms with Crippen molar-refractivity contribution < 1.29 is 33.1 Å². The Morgan fingerprint density at radius 2 is 1.66 bits per heavy atom. The molecule has 0 aliphatic heterocycles. The maximum Gasteiger partial charge on any atom is 0.490 e. The Balaban J connectivity index is 0.000000370. The average molecular weight is 416 g/mol. The molecule has 2 fully saturated rings. The fraction of sp³-hybridized carbons (Fsp3) is 0.600. The molecule has 9 heteroatoms. The molecule has 2 aliphatic carbocycles. The van der Waals surface area contributed by atoms with E-state index in [1.165, 1.54) is 12.0 Å². The van der Waals surface area contributed by atoms with Crippen LogP contribution in [0.2, 0.25) is 0 Å². The molecule has 3 rings (SSSR count). The van der Waals surface area contributed by atoms with Gasteiger partial charge >= 0.3 is 12.1 Å². The topological polar surface area (TPSA) is 98.7 Å². The number of carboxylic acids is 1. The van der Waals surface area contributed by atoms with E-state index < -0.39 is 12.1 Å². The summed E-state index contributed by atoms with van der Waals surface area (Å²) in [4.78, 5) is 20.4. The molecule has 2 saturated carbocycles. The normalized spacial score (nSPS) is 27.2. The van der Waals surface area contributed by atoms with Gasteiger partial charge in [0.15, 0.2) is 0 Å². The zero-order chi connectivity index (χ0) is 21.6. The summed E-state index contributed by atoms with van der Waals surface area (Å²) in [5.74, 6) is -1.68. The number of carbonyl (C=O) groups is 2. The lowest BCUT2D eigenvalue weighted by atomic mass is 9.78. The van der Waals surface area contributed by atoms with Gasteiger partial charge in [0.2, 0.25) is 5.91 Å². The molecule has 4 N–H and O–H groups in total. The standard InChI is InChI=1S/C18H26N2O2.C2HF3O2/c1-12(13-7-9-15(10-8-13)18(21)20-22)19-17-11-16(17)14-5-3-2-4-6-14;3-2(4,5)1(6)7/h2-6,12-13,15-17,19,22H,7-11H2,1H3,(H,20,21);(H,6,7)/t12-,13?,15?,16?,17-;/m0./s1. The van der Waals surface area contributed by atoms with Crippen LogP contribution in [0.25, 0.3) is 0 Å². The molecule has 1 aromatic rings. The third-order valence-corrected chi connectivity index (χ3v) is 5.70. The van der Waals surface area contributed by atoms with Crippen molar-refractivity contribution in [3.63, 3.8) is 0 Å². The lowest BCUT2D eigenvalue weighted by Crippen LogP contribution is -2.39. The molecule has 0 aromatic heterocycles. The van der Waals surface area contributed by atoms with E-state index in [2.05, 4.69) is 42.6 Å². The van der Waals surface area contributed by atoms with Crippen LogP contribution < -0.4 is 10.8 Å². The Morgan fingerprint density at radius 3 is 2.14 bits per heavy atom. The minimum absolute atomic E-state index is 0.00792. The number of halogens is 3. The van der Waals surface area contributed by atoms with Crippen LogP contribution in [0.1, 0.15) is 50.5 Å². The molecule has 0 radical (unpaired) electrons. The number of alkyl halides is 3. The third-order valence-electron chi connectivity index (χ3n) is 5.70. The van der Waals surface area contributed by atoms with Gasteiger partial charge in [0, 0.05) is 23.9 Å². The van der Waals surface area contributed by atoms with Gasteiger partial charge in [0.1, 0.15) is 0 Å². The average Bonchev–Trinajstić information content (AvgIpc) is 3.47. The predicted octanol–water partition coefficient (Wildman–Crippen LogP) is 3.47. The number of amides is 1. The molecule has 1 aromatic carbocycles. The monoisotopic (exact) mass is 416 g/mol. The lowest BCUT2D eigenvalue weighted by Gasteiger charge is -2.32. The van der Waals surface area contributed by atoms with Crippen molar-refractivity contribution in [3.8, 4) is 0 Å². The first-order valence-electron chi connectivity index (χ1n) is 9.68. The van der Waals surface area contributed by atoms with E-state index in [1.807, 2.05) is 0 Å². The molecule has 2 aliphatic rings. The molecular formula is C20H27F3N2O4. The molecule has 0 saturated heterocycles. The molecule has 6 nitrogen and oxygen atoms in total. The van der Waals surface area contributed by atoms with Crippen LogP contribution in [0.3, 0.4) is 0 Å². The smallest absolute Gasteiger partial charge is 0.475 e. The maximum atomic E-state index is 11.5. The van der Waals surface area contributed by atoms with Crippen molar-refractivity contribution >= 4 is 11.9 Å². The maximum absolute atomic E-state index is 11.5. The minimum Gasteiger partial charge on any atom is -0.475 e. The summed E-state index contributed by atoms with van der Waals surface area (Å²) in [5.41, 5.74) is 3.23. The van der Waals surface area contributed by atoms with Crippen LogP contribution in [-0.4, -0.2) is 40.5 Å². The first-order valence-corrected chi connectivity index (χ1v) is 9.68. The van der Waals surface area contributed by atoms with Gasteiger partial charge in [-0.1, -0.05) is 30.3 Å². The Bertz CT molecular complexity index is 676. The number of aliphatic carboxylic acids is 1. The first kappa shape index (κ1) is 23.2. The van der Waals surface area contributed by atoms with Crippen LogP contribution in [-0.2, 0) is 9.59 Å². The van der Waals surface area contributed by atoms with Crippen molar-refractivity contribution in [2.24, 2.45) is 11.8 Å². The number of rotatable bonds is 5. The number of hydrogen-bond donors (Lipinski definition) is 4. The highest BCUT2D eigenvalue weighted by Gasteiger charge is 2.40. The van der Waals surface area contributed by atoms with E-state index in [0.717, 1.165) is 25.7 Å². The van der Waals surface area contributed by atoms with Gasteiger partial charge in [-0.15, -0.1) is 0 Å². The van der Waals surface area contributed by atoms with E-state index in [4.69, 9.17) is 15.1 Å². The molecule has 1 amide bonds. The molecule has 29 heavy (non-hydrogen) atoms. The number of carbonyl (C=O) groups excluding carboxylic acids is 1. The number of nitrogens with one attached hydrogen (secondary N) is 2. The van der Waals surface area contributed by atoms with Gasteiger partial charge in [-0.05, 0) is 50.5 Å². The number of benzene rings is 1. The van der Waals surface area contributed by atoms with Gasteiger partial charge in [-0.3, -0.25) is 10.0 Å². The molecule has 1 unspecified atom stereocenters. The third kappa shape index (κ3) is 7.01. The van der Waals surface area contributed by atoms with Gasteiger partial charge in [-0.25, -0.2) is 10.3 Å². The Labute approximate surface area is 167 Å². The van der Waals surface area contributed by atoms with Crippen molar-refractivity contribution in [3.05, 3.63) is 35.9 Å². The highest BCUT2D eigenvalue weighted by Crippen LogP contribution is 2.42. The summed E-state index contributed by atoms with van der Waals surface area (Å²) in [5, 5.41) is 19.6. The highest BCUT2D eigenvalue weighted by molar-refractivity contribution is 5.77. The van der Waals surface area contributed by atoms with Crippen molar-refractivity contribution in [1.29, 1.82) is 0 Å². The zero-order valence-corrected chi connectivity index (χ0v) is 16.2. The van der Waals surface area contributed by atoms with Crippen molar-refractivity contribution in [2.45, 2.75) is 63.2 Å². The Kier molecular flexibility index (Phi) is 8.04. The summed E-state index contributed by atoms with van der Waals surface area (Å²) in [6.45, 7) is 2.28. The summed E-state index contributed by atoms with van der Waals surface area (Å²) >= 11 is 0. The van der Waals surface area contributed by atoms with Gasteiger partial charge in [0.25, 0.3) is 0 Å². The van der Waals surface area contributed by atoms with Crippen molar-refractivity contribution in [2.75, 3.05) is 0 Å². The van der Waals surface area contributed by atoms with Crippen LogP contribution in [0.5, 0.6) is 0 Å². The zero-order valence-electron chi connectivity index (χ0n) is 16.2. The van der Waals surface area contributed by atoms with Crippen LogP contribution in [0, 0.1) is 11.8 Å². The van der Waals surface area contributed by atoms with E-state index >= 15 is 0 Å². The van der Waals surface area contributed by atoms with E-state index in [0.29, 0.717) is 23.9 Å². The van der Waals surface area contributed by atoms with Gasteiger partial charge in [-0.2, -0.15) is 13.2 Å². The second-order valence-corrected chi connectivity index (χ2v) is 7.71. The quantitative estimate of drug-likeness (QED) is 0.435. The molecular weight excluding hydrogens is 389 g/mol. The number of hydrogen-bond acceptors (Lipinski definition) is 4. The first-order chi connectivity index (χ1) is 13.6. The van der Waals surface area contributed by atoms with E-state index in [-0.39, 0.29) is 11.8 Å². The lowest BCUT2D eigenvalue weighted by molar-refractivity contribution is -0.192. The van der Waals surface area contributed by atoms with Crippen LogP contribution in [0.4, 0.5) is 13.2 Å².